The van der Waals surface area contributed by atoms with Gasteiger partial charge in [0.1, 0.15) is 18.5 Å². The molecule has 8 heteroatoms. The fraction of sp³-hybridized carbons (Fsp3) is 0.417. The molecule has 2 aromatic rings. The lowest BCUT2D eigenvalue weighted by molar-refractivity contribution is -0.117. The van der Waals surface area contributed by atoms with Gasteiger partial charge in [-0.25, -0.2) is 4.99 Å². The molecule has 0 aromatic heterocycles. The number of nitrogens with zero attached hydrogens (tertiary/aromatic N) is 2. The van der Waals surface area contributed by atoms with Gasteiger partial charge in [-0.1, -0.05) is 24.3 Å². The number of hydrogen-bond acceptors (Lipinski definition) is 4. The van der Waals surface area contributed by atoms with Crippen LogP contribution in [0.5, 0.6) is 5.75 Å². The number of nitrogens with one attached hydrogen (secondary N) is 2. The SMILES string of the molecule is CCNC(=NCc1ccc(N2CCCC2=O)cc1)NCC(O)COc1cccc(C)c1.I. The van der Waals surface area contributed by atoms with Crippen molar-refractivity contribution in [3.8, 4) is 5.75 Å². The van der Waals surface area contributed by atoms with Crippen molar-refractivity contribution in [3.63, 3.8) is 0 Å². The number of aliphatic hydroxyl groups is 1. The highest BCUT2D eigenvalue weighted by atomic mass is 127. The highest BCUT2D eigenvalue weighted by molar-refractivity contribution is 14.0. The molecule has 1 amide bonds. The minimum absolute atomic E-state index is 0. The van der Waals surface area contributed by atoms with E-state index in [1.165, 1.54) is 0 Å². The summed E-state index contributed by atoms with van der Waals surface area (Å²) in [7, 11) is 0. The first-order chi connectivity index (χ1) is 15.0. The average Bonchev–Trinajstić information content (AvgIpc) is 3.20. The number of carbonyl (C=O) groups is 1. The van der Waals surface area contributed by atoms with E-state index in [1.54, 1.807) is 0 Å². The fourth-order valence-electron chi connectivity index (χ4n) is 3.39. The molecule has 1 fully saturated rings. The van der Waals surface area contributed by atoms with Gasteiger partial charge >= 0.3 is 0 Å². The molecule has 32 heavy (non-hydrogen) atoms. The normalized spacial score (nSPS) is 14.7. The highest BCUT2D eigenvalue weighted by Crippen LogP contribution is 2.21. The number of carbonyl (C=O) groups excluding carboxylic acids is 1. The number of rotatable bonds is 9. The van der Waals surface area contributed by atoms with Gasteiger partial charge in [-0.3, -0.25) is 4.79 Å². The first kappa shape index (κ1) is 25.9. The zero-order valence-electron chi connectivity index (χ0n) is 18.7. The molecule has 0 spiro atoms. The maximum absolute atomic E-state index is 11.9. The van der Waals surface area contributed by atoms with Crippen molar-refractivity contribution in [1.82, 2.24) is 10.6 Å². The summed E-state index contributed by atoms with van der Waals surface area (Å²) in [5, 5.41) is 16.6. The lowest BCUT2D eigenvalue weighted by atomic mass is 10.2. The van der Waals surface area contributed by atoms with Crippen LogP contribution < -0.4 is 20.3 Å². The lowest BCUT2D eigenvalue weighted by Gasteiger charge is -2.17. The molecule has 0 saturated carbocycles. The minimum atomic E-state index is -0.665. The molecule has 0 aliphatic carbocycles. The summed E-state index contributed by atoms with van der Waals surface area (Å²) in [6.07, 6.45) is 0.887. The largest absolute Gasteiger partial charge is 0.491 e. The van der Waals surface area contributed by atoms with E-state index in [0.29, 0.717) is 25.5 Å². The number of amides is 1. The summed E-state index contributed by atoms with van der Waals surface area (Å²) >= 11 is 0. The van der Waals surface area contributed by atoms with Crippen LogP contribution in [0.3, 0.4) is 0 Å². The van der Waals surface area contributed by atoms with E-state index in [9.17, 15) is 9.90 Å². The Morgan fingerprint density at radius 2 is 2.00 bits per heavy atom. The monoisotopic (exact) mass is 552 g/mol. The molecule has 3 rings (SSSR count). The Balaban J connectivity index is 0.00000363. The molecule has 0 bridgehead atoms. The first-order valence-electron chi connectivity index (χ1n) is 10.8. The average molecular weight is 552 g/mol. The predicted molar refractivity (Wildman–Crippen MR) is 139 cm³/mol. The number of anilines is 1. The van der Waals surface area contributed by atoms with Gasteiger partial charge in [-0.05, 0) is 55.7 Å². The molecule has 7 nitrogen and oxygen atoms in total. The van der Waals surface area contributed by atoms with E-state index in [4.69, 9.17) is 4.74 Å². The van der Waals surface area contributed by atoms with Crippen LogP contribution in [0.2, 0.25) is 0 Å². The van der Waals surface area contributed by atoms with Gasteiger partial charge in [-0.15, -0.1) is 24.0 Å². The molecular formula is C24H33IN4O3. The Morgan fingerprint density at radius 3 is 2.66 bits per heavy atom. The number of guanidine groups is 1. The maximum Gasteiger partial charge on any atom is 0.227 e. The van der Waals surface area contributed by atoms with E-state index in [1.807, 2.05) is 67.3 Å². The van der Waals surface area contributed by atoms with Gasteiger partial charge in [0, 0.05) is 31.7 Å². The maximum atomic E-state index is 11.9. The molecule has 2 aromatic carbocycles. The molecule has 0 radical (unpaired) electrons. The number of hydrogen-bond donors (Lipinski definition) is 3. The van der Waals surface area contributed by atoms with Crippen LogP contribution >= 0.6 is 24.0 Å². The van der Waals surface area contributed by atoms with E-state index in [-0.39, 0.29) is 36.5 Å². The van der Waals surface area contributed by atoms with E-state index in [0.717, 1.165) is 42.1 Å². The lowest BCUT2D eigenvalue weighted by Crippen LogP contribution is -2.42. The van der Waals surface area contributed by atoms with Crippen molar-refractivity contribution in [2.75, 3.05) is 31.1 Å². The van der Waals surface area contributed by atoms with Gasteiger partial charge in [0.15, 0.2) is 5.96 Å². The number of benzene rings is 2. The van der Waals surface area contributed by atoms with Gasteiger partial charge in [-0.2, -0.15) is 0 Å². The Kier molecular flexibility index (Phi) is 10.8. The summed E-state index contributed by atoms with van der Waals surface area (Å²) in [5.41, 5.74) is 3.11. The number of halogens is 1. The number of aliphatic imine (C=N–C) groups is 1. The Labute approximate surface area is 207 Å². The number of aryl methyl sites for hydroxylation is 1. The fourth-order valence-corrected chi connectivity index (χ4v) is 3.39. The third kappa shape index (κ3) is 7.98. The van der Waals surface area contributed by atoms with Crippen molar-refractivity contribution in [2.45, 2.75) is 39.3 Å². The quantitative estimate of drug-likeness (QED) is 0.253. The molecule has 3 N–H and O–H groups in total. The second-order valence-corrected chi connectivity index (χ2v) is 7.67. The molecule has 174 valence electrons. The molecule has 1 aliphatic rings. The second-order valence-electron chi connectivity index (χ2n) is 7.67. The summed E-state index contributed by atoms with van der Waals surface area (Å²) in [5.74, 6) is 1.57. The van der Waals surface area contributed by atoms with Crippen LogP contribution in [0.15, 0.2) is 53.5 Å². The van der Waals surface area contributed by atoms with E-state index in [2.05, 4.69) is 15.6 Å². The molecule has 1 heterocycles. The van der Waals surface area contributed by atoms with Crippen LogP contribution in [0.4, 0.5) is 5.69 Å². The zero-order chi connectivity index (χ0) is 22.1. The first-order valence-corrected chi connectivity index (χ1v) is 10.8. The van der Waals surface area contributed by atoms with Crippen LogP contribution in [0.25, 0.3) is 0 Å². The van der Waals surface area contributed by atoms with E-state index >= 15 is 0 Å². The van der Waals surface area contributed by atoms with Gasteiger partial charge in [0.25, 0.3) is 0 Å². The zero-order valence-corrected chi connectivity index (χ0v) is 21.0. The third-order valence-corrected chi connectivity index (χ3v) is 5.02. The van der Waals surface area contributed by atoms with Crippen LogP contribution in [-0.2, 0) is 11.3 Å². The topological polar surface area (TPSA) is 86.2 Å². The Bertz CT molecular complexity index is 889. The van der Waals surface area contributed by atoms with Crippen molar-refractivity contribution >= 4 is 41.5 Å². The Hall–Kier alpha value is -2.33. The van der Waals surface area contributed by atoms with Crippen LogP contribution in [-0.4, -0.2) is 49.3 Å². The van der Waals surface area contributed by atoms with Gasteiger partial charge in [0.05, 0.1) is 6.54 Å². The van der Waals surface area contributed by atoms with Crippen molar-refractivity contribution < 1.29 is 14.6 Å². The summed E-state index contributed by atoms with van der Waals surface area (Å²) < 4.78 is 5.65. The number of aliphatic hydroxyl groups excluding tert-OH is 1. The second kappa shape index (κ2) is 13.3. The smallest absolute Gasteiger partial charge is 0.227 e. The summed E-state index contributed by atoms with van der Waals surface area (Å²) in [6, 6.07) is 15.7. The standard InChI is InChI=1S/C24H32N4O3.HI/c1-3-25-24(27-16-21(29)17-31-22-7-4-6-18(2)14-22)26-15-19-9-11-20(12-10-19)28-13-5-8-23(28)30;/h4,6-7,9-12,14,21,29H,3,5,8,13,15-17H2,1-2H3,(H2,25,26,27);1H. The van der Waals surface area contributed by atoms with Crippen molar-refractivity contribution in [2.24, 2.45) is 4.99 Å². The van der Waals surface area contributed by atoms with Crippen molar-refractivity contribution in [3.05, 3.63) is 59.7 Å². The van der Waals surface area contributed by atoms with Gasteiger partial charge in [0.2, 0.25) is 5.91 Å². The van der Waals surface area contributed by atoms with Crippen LogP contribution in [0.1, 0.15) is 30.9 Å². The summed E-state index contributed by atoms with van der Waals surface area (Å²) in [4.78, 5) is 18.3. The van der Waals surface area contributed by atoms with E-state index < -0.39 is 6.10 Å². The molecule has 1 aliphatic heterocycles. The third-order valence-electron chi connectivity index (χ3n) is 5.02. The summed E-state index contributed by atoms with van der Waals surface area (Å²) in [6.45, 7) is 6.54. The predicted octanol–water partition coefficient (Wildman–Crippen LogP) is 3.23. The number of ether oxygens (including phenoxy) is 1. The highest BCUT2D eigenvalue weighted by Gasteiger charge is 2.21. The molecule has 1 saturated heterocycles. The molecular weight excluding hydrogens is 519 g/mol. The minimum Gasteiger partial charge on any atom is -0.491 e. The molecule has 1 unspecified atom stereocenters. The van der Waals surface area contributed by atoms with Crippen LogP contribution in [0, 0.1) is 6.92 Å². The molecule has 1 atom stereocenters. The van der Waals surface area contributed by atoms with Gasteiger partial charge < -0.3 is 25.4 Å². The Morgan fingerprint density at radius 1 is 1.22 bits per heavy atom. The van der Waals surface area contributed by atoms with Crippen molar-refractivity contribution in [1.29, 1.82) is 0 Å².